The third-order valence-corrected chi connectivity index (χ3v) is 6.97. The third kappa shape index (κ3) is 4.70. The number of nitrogens with zero attached hydrogens (tertiary/aromatic N) is 6. The summed E-state index contributed by atoms with van der Waals surface area (Å²) in [4.78, 5) is 0. The van der Waals surface area contributed by atoms with Crippen LogP contribution in [0.1, 0.15) is 41.5 Å². The molecule has 38 heavy (non-hydrogen) atoms. The zero-order chi connectivity index (χ0) is 27.2. The summed E-state index contributed by atoms with van der Waals surface area (Å²) in [6.45, 7) is 12.7. The summed E-state index contributed by atoms with van der Waals surface area (Å²) in [5.41, 5.74) is 3.38. The molecular formula is C30H32N6S2. The highest BCUT2D eigenvalue weighted by Crippen LogP contribution is 2.30. The Morgan fingerprint density at radius 1 is 0.500 bits per heavy atom. The molecule has 0 unspecified atom stereocenters. The Kier molecular flexibility index (Phi) is 6.57. The van der Waals surface area contributed by atoms with Gasteiger partial charge in [0.25, 0.3) is 0 Å². The van der Waals surface area contributed by atoms with Crippen LogP contribution < -0.4 is 0 Å². The fourth-order valence-electron chi connectivity index (χ4n) is 4.37. The SMILES string of the molecule is CC(C)(C)n1nc(-c2ccc(-c3nn(C(C)(C)C)c(=S)n3-c3ccccc3)cc2)n(-c2ccccc2)c1=S. The molecule has 0 fully saturated rings. The normalized spacial score (nSPS) is 12.2. The molecule has 2 aromatic heterocycles. The van der Waals surface area contributed by atoms with Crippen LogP contribution in [0.2, 0.25) is 0 Å². The van der Waals surface area contributed by atoms with E-state index in [1.54, 1.807) is 0 Å². The van der Waals surface area contributed by atoms with E-state index in [0.29, 0.717) is 9.54 Å². The molecule has 5 aromatic rings. The molecule has 0 bridgehead atoms. The minimum Gasteiger partial charge on any atom is -0.268 e. The van der Waals surface area contributed by atoms with Crippen molar-refractivity contribution in [2.45, 2.75) is 52.6 Å². The summed E-state index contributed by atoms with van der Waals surface area (Å²) in [7, 11) is 0. The largest absolute Gasteiger partial charge is 0.268 e. The number of rotatable bonds is 4. The maximum absolute atomic E-state index is 5.90. The van der Waals surface area contributed by atoms with E-state index >= 15 is 0 Å². The van der Waals surface area contributed by atoms with E-state index in [2.05, 4.69) is 90.1 Å². The van der Waals surface area contributed by atoms with Crippen LogP contribution in [-0.2, 0) is 11.1 Å². The van der Waals surface area contributed by atoms with Crippen LogP contribution in [0.3, 0.4) is 0 Å². The van der Waals surface area contributed by atoms with Crippen molar-refractivity contribution in [2.75, 3.05) is 0 Å². The van der Waals surface area contributed by atoms with Crippen molar-refractivity contribution in [1.82, 2.24) is 28.7 Å². The summed E-state index contributed by atoms with van der Waals surface area (Å²) in [6.07, 6.45) is 0. The first-order valence-corrected chi connectivity index (χ1v) is 13.5. The first kappa shape index (κ1) is 26.0. The van der Waals surface area contributed by atoms with E-state index in [9.17, 15) is 0 Å². The van der Waals surface area contributed by atoms with Crippen LogP contribution >= 0.6 is 24.4 Å². The van der Waals surface area contributed by atoms with E-state index in [-0.39, 0.29) is 11.1 Å². The minimum absolute atomic E-state index is 0.257. The van der Waals surface area contributed by atoms with Crippen LogP contribution in [0.15, 0.2) is 84.9 Å². The molecule has 6 nitrogen and oxygen atoms in total. The molecule has 0 saturated carbocycles. The molecule has 2 heterocycles. The van der Waals surface area contributed by atoms with Crippen molar-refractivity contribution in [3.05, 3.63) is 94.5 Å². The first-order chi connectivity index (χ1) is 18.0. The second-order valence-corrected chi connectivity index (χ2v) is 12.0. The standard InChI is InChI=1S/C30H32N6S2/c1-29(2,3)35-27(37)33(23-13-9-7-10-14-23)25(31-35)21-17-19-22(20-18-21)26-32-36(30(4,5)6)28(38)34(26)24-15-11-8-12-16-24/h7-20H,1-6H3. The molecule has 0 aliphatic rings. The van der Waals surface area contributed by atoms with Gasteiger partial charge in [-0.05, 0) is 90.2 Å². The summed E-state index contributed by atoms with van der Waals surface area (Å²) < 4.78 is 9.21. The van der Waals surface area contributed by atoms with Crippen LogP contribution in [0.5, 0.6) is 0 Å². The Morgan fingerprint density at radius 2 is 0.816 bits per heavy atom. The lowest BCUT2D eigenvalue weighted by molar-refractivity contribution is 0.349. The highest BCUT2D eigenvalue weighted by molar-refractivity contribution is 7.71. The van der Waals surface area contributed by atoms with E-state index < -0.39 is 0 Å². The topological polar surface area (TPSA) is 45.5 Å². The lowest BCUT2D eigenvalue weighted by atomic mass is 10.1. The highest BCUT2D eigenvalue weighted by Gasteiger charge is 2.24. The van der Waals surface area contributed by atoms with Gasteiger partial charge in [-0.25, -0.2) is 9.36 Å². The van der Waals surface area contributed by atoms with Gasteiger partial charge in [-0.1, -0.05) is 60.7 Å². The molecule has 0 atom stereocenters. The Balaban J connectivity index is 1.67. The molecule has 0 amide bonds. The number of para-hydroxylation sites is 2. The van der Waals surface area contributed by atoms with Crippen LogP contribution in [0.4, 0.5) is 0 Å². The van der Waals surface area contributed by atoms with Gasteiger partial charge >= 0.3 is 0 Å². The predicted molar refractivity (Wildman–Crippen MR) is 159 cm³/mol. The highest BCUT2D eigenvalue weighted by atomic mass is 32.1. The average molecular weight is 541 g/mol. The van der Waals surface area contributed by atoms with E-state index in [0.717, 1.165) is 34.2 Å². The quantitative estimate of drug-likeness (QED) is 0.217. The van der Waals surface area contributed by atoms with Crippen LogP contribution in [0.25, 0.3) is 34.2 Å². The Labute approximate surface area is 233 Å². The van der Waals surface area contributed by atoms with Crippen molar-refractivity contribution < 1.29 is 0 Å². The van der Waals surface area contributed by atoms with Gasteiger partial charge in [0.1, 0.15) is 0 Å². The lowest BCUT2D eigenvalue weighted by Gasteiger charge is -2.18. The number of hydrogen-bond acceptors (Lipinski definition) is 4. The van der Waals surface area contributed by atoms with E-state index in [1.165, 1.54) is 0 Å². The number of hydrogen-bond donors (Lipinski definition) is 0. The molecule has 0 radical (unpaired) electrons. The summed E-state index contributed by atoms with van der Waals surface area (Å²) in [5, 5.41) is 9.96. The van der Waals surface area contributed by atoms with Crippen molar-refractivity contribution in [3.8, 4) is 34.2 Å². The predicted octanol–water partition coefficient (Wildman–Crippen LogP) is 7.96. The second-order valence-electron chi connectivity index (χ2n) is 11.3. The molecule has 8 heteroatoms. The minimum atomic E-state index is -0.257. The molecular weight excluding hydrogens is 509 g/mol. The molecule has 194 valence electrons. The van der Waals surface area contributed by atoms with Gasteiger partial charge < -0.3 is 0 Å². The second kappa shape index (κ2) is 9.60. The summed E-state index contributed by atoms with van der Waals surface area (Å²) in [5.74, 6) is 1.59. The average Bonchev–Trinajstić information content (AvgIpc) is 3.42. The van der Waals surface area contributed by atoms with Crippen molar-refractivity contribution >= 4 is 24.4 Å². The maximum Gasteiger partial charge on any atom is 0.203 e. The lowest BCUT2D eigenvalue weighted by Crippen LogP contribution is -2.23. The van der Waals surface area contributed by atoms with E-state index in [1.807, 2.05) is 54.9 Å². The monoisotopic (exact) mass is 540 g/mol. The number of aromatic nitrogens is 6. The zero-order valence-electron chi connectivity index (χ0n) is 22.6. The van der Waals surface area contributed by atoms with Gasteiger partial charge in [-0.2, -0.15) is 10.2 Å². The van der Waals surface area contributed by atoms with E-state index in [4.69, 9.17) is 34.6 Å². The smallest absolute Gasteiger partial charge is 0.203 e. The molecule has 5 rings (SSSR count). The fraction of sp³-hybridized carbons (Fsp3) is 0.267. The molecule has 0 N–H and O–H groups in total. The fourth-order valence-corrected chi connectivity index (χ4v) is 5.38. The third-order valence-electron chi connectivity index (χ3n) is 6.26. The number of benzene rings is 3. The first-order valence-electron chi connectivity index (χ1n) is 12.6. The molecule has 3 aromatic carbocycles. The van der Waals surface area contributed by atoms with Crippen molar-refractivity contribution in [2.24, 2.45) is 0 Å². The van der Waals surface area contributed by atoms with Gasteiger partial charge in [-0.15, -0.1) is 0 Å². The van der Waals surface area contributed by atoms with Gasteiger partial charge in [0.15, 0.2) is 11.6 Å². The Morgan fingerprint density at radius 3 is 1.11 bits per heavy atom. The van der Waals surface area contributed by atoms with Gasteiger partial charge in [-0.3, -0.25) is 9.13 Å². The van der Waals surface area contributed by atoms with Crippen LogP contribution in [-0.4, -0.2) is 28.7 Å². The Bertz CT molecular complexity index is 1560. The molecule has 0 aliphatic carbocycles. The van der Waals surface area contributed by atoms with Gasteiger partial charge in [0, 0.05) is 22.5 Å². The molecule has 0 aliphatic heterocycles. The van der Waals surface area contributed by atoms with Gasteiger partial charge in [0.2, 0.25) is 9.54 Å². The van der Waals surface area contributed by atoms with Crippen molar-refractivity contribution in [1.29, 1.82) is 0 Å². The Hall–Kier alpha value is -3.62. The molecule has 0 saturated heterocycles. The summed E-state index contributed by atoms with van der Waals surface area (Å²) >= 11 is 11.8. The maximum atomic E-state index is 5.90. The zero-order valence-corrected chi connectivity index (χ0v) is 24.2. The van der Waals surface area contributed by atoms with Crippen LogP contribution in [0, 0.1) is 9.54 Å². The molecule has 0 spiro atoms. The summed E-state index contributed by atoms with van der Waals surface area (Å²) in [6, 6.07) is 28.6. The van der Waals surface area contributed by atoms with Gasteiger partial charge in [0.05, 0.1) is 11.1 Å². The van der Waals surface area contributed by atoms with Crippen molar-refractivity contribution in [3.63, 3.8) is 0 Å².